The molecule has 0 heterocycles. The monoisotopic (exact) mass is 232 g/mol. The lowest BCUT2D eigenvalue weighted by molar-refractivity contribution is -0.384. The first-order valence-corrected chi connectivity index (χ1v) is 2.97. The Bertz CT molecular complexity index is 196. The van der Waals surface area contributed by atoms with Crippen molar-refractivity contribution in [3.05, 3.63) is 0 Å². The third-order valence-electron chi connectivity index (χ3n) is 1.27. The van der Waals surface area contributed by atoms with Gasteiger partial charge >= 0.3 is 18.0 Å². The zero-order valence-electron chi connectivity index (χ0n) is 6.51. The summed E-state index contributed by atoms with van der Waals surface area (Å²) in [5, 5.41) is 0. The van der Waals surface area contributed by atoms with E-state index < -0.39 is 24.4 Å². The summed E-state index contributed by atoms with van der Waals surface area (Å²) in [5.41, 5.74) is 0. The Balaban J connectivity index is 5.07. The van der Waals surface area contributed by atoms with Crippen LogP contribution in [0.2, 0.25) is 0 Å². The molecule has 1 nitrogen and oxygen atoms in total. The predicted octanol–water partition coefficient (Wildman–Crippen LogP) is 2.76. The molecule has 86 valence electrons. The quantitative estimate of drug-likeness (QED) is 0.680. The number of hydrogen-bond donors (Lipinski definition) is 0. The molecule has 0 bridgehead atoms. The molecule has 0 amide bonds. The molecule has 0 saturated heterocycles. The lowest BCUT2D eigenvalue weighted by Crippen LogP contribution is -2.57. The van der Waals surface area contributed by atoms with Gasteiger partial charge < -0.3 is 4.74 Å². The second kappa shape index (κ2) is 3.52. The summed E-state index contributed by atoms with van der Waals surface area (Å²) >= 11 is 0. The molecular weight excluding hydrogens is 228 g/mol. The molecule has 0 aliphatic carbocycles. The van der Waals surface area contributed by atoms with Gasteiger partial charge in [0.15, 0.2) is 0 Å². The fourth-order valence-electron chi connectivity index (χ4n) is 0.480. The van der Waals surface area contributed by atoms with Crippen molar-refractivity contribution in [2.24, 2.45) is 0 Å². The van der Waals surface area contributed by atoms with E-state index in [0.29, 0.717) is 0 Å². The van der Waals surface area contributed by atoms with Crippen LogP contribution in [0, 0.1) is 0 Å². The van der Waals surface area contributed by atoms with Crippen LogP contribution >= 0.6 is 0 Å². The third-order valence-corrected chi connectivity index (χ3v) is 1.27. The highest BCUT2D eigenvalue weighted by Gasteiger charge is 2.76. The fraction of sp³-hybridized carbons (Fsp3) is 1.00. The number of ether oxygens (including phenoxy) is 1. The second-order valence-electron chi connectivity index (χ2n) is 2.25. The van der Waals surface area contributed by atoms with Gasteiger partial charge in [0.2, 0.25) is 0 Å². The van der Waals surface area contributed by atoms with Crippen molar-refractivity contribution in [3.63, 3.8) is 0 Å². The summed E-state index contributed by atoms with van der Waals surface area (Å²) < 4.78 is 97.3. The average Bonchev–Trinajstić information content (AvgIpc) is 2.00. The SMILES string of the molecule is COC(F)C(F)(F)C(F)(F)C(F)(F)F. The summed E-state index contributed by atoms with van der Waals surface area (Å²) in [6.45, 7) is 0. The molecule has 0 aromatic carbocycles. The van der Waals surface area contributed by atoms with Crippen molar-refractivity contribution in [1.29, 1.82) is 0 Å². The molecule has 0 rings (SSSR count). The van der Waals surface area contributed by atoms with Gasteiger partial charge in [0, 0.05) is 7.11 Å². The molecule has 0 saturated carbocycles. The van der Waals surface area contributed by atoms with Gasteiger partial charge in [-0.25, -0.2) is 4.39 Å². The molecule has 0 aromatic rings. The van der Waals surface area contributed by atoms with E-state index in [4.69, 9.17) is 0 Å². The standard InChI is InChI=1S/C5H4F8O/c1-14-2(6)3(7,8)4(9,10)5(11,12)13/h2H,1H3. The Kier molecular flexibility index (Phi) is 3.37. The highest BCUT2D eigenvalue weighted by Crippen LogP contribution is 2.48. The van der Waals surface area contributed by atoms with Gasteiger partial charge in [-0.15, -0.1) is 0 Å². The Morgan fingerprint density at radius 1 is 0.929 bits per heavy atom. The van der Waals surface area contributed by atoms with Crippen LogP contribution in [0.5, 0.6) is 0 Å². The van der Waals surface area contributed by atoms with Crippen LogP contribution in [-0.4, -0.2) is 31.5 Å². The van der Waals surface area contributed by atoms with E-state index in [1.165, 1.54) is 0 Å². The van der Waals surface area contributed by atoms with Crippen LogP contribution in [-0.2, 0) is 4.74 Å². The van der Waals surface area contributed by atoms with Crippen molar-refractivity contribution in [2.45, 2.75) is 24.4 Å². The lowest BCUT2D eigenvalue weighted by atomic mass is 10.1. The molecule has 0 radical (unpaired) electrons. The first kappa shape index (κ1) is 13.4. The second-order valence-corrected chi connectivity index (χ2v) is 2.25. The van der Waals surface area contributed by atoms with E-state index in [1.807, 2.05) is 0 Å². The Labute approximate surface area is 72.6 Å². The number of hydrogen-bond acceptors (Lipinski definition) is 1. The van der Waals surface area contributed by atoms with Gasteiger partial charge in [0.25, 0.3) is 6.36 Å². The maximum atomic E-state index is 12.1. The van der Waals surface area contributed by atoms with Crippen molar-refractivity contribution in [2.75, 3.05) is 7.11 Å². The van der Waals surface area contributed by atoms with Gasteiger partial charge in [-0.3, -0.25) is 0 Å². The third kappa shape index (κ3) is 1.91. The Hall–Kier alpha value is -0.600. The average molecular weight is 232 g/mol. The van der Waals surface area contributed by atoms with E-state index in [9.17, 15) is 35.1 Å². The summed E-state index contributed by atoms with van der Waals surface area (Å²) in [5.74, 6) is -12.4. The van der Waals surface area contributed by atoms with Crippen LogP contribution < -0.4 is 0 Å². The first-order valence-electron chi connectivity index (χ1n) is 2.97. The Morgan fingerprint density at radius 3 is 1.50 bits per heavy atom. The molecule has 9 heteroatoms. The molecule has 0 N–H and O–H groups in total. The van der Waals surface area contributed by atoms with E-state index >= 15 is 0 Å². The molecule has 0 spiro atoms. The Morgan fingerprint density at radius 2 is 1.29 bits per heavy atom. The minimum absolute atomic E-state index is 0.241. The van der Waals surface area contributed by atoms with Gasteiger partial charge in [0.1, 0.15) is 0 Å². The minimum Gasteiger partial charge on any atom is -0.347 e. The van der Waals surface area contributed by atoms with Crippen LogP contribution in [0.15, 0.2) is 0 Å². The molecule has 1 unspecified atom stereocenters. The van der Waals surface area contributed by atoms with Gasteiger partial charge in [-0.2, -0.15) is 30.7 Å². The van der Waals surface area contributed by atoms with Crippen LogP contribution in [0.4, 0.5) is 35.1 Å². The van der Waals surface area contributed by atoms with Gasteiger partial charge in [-0.1, -0.05) is 0 Å². The highest BCUT2D eigenvalue weighted by atomic mass is 19.4. The normalized spacial score (nSPS) is 16.9. The van der Waals surface area contributed by atoms with Crippen LogP contribution in [0.1, 0.15) is 0 Å². The summed E-state index contributed by atoms with van der Waals surface area (Å²) in [6.07, 6.45) is -10.6. The molecule has 1 atom stereocenters. The predicted molar refractivity (Wildman–Crippen MR) is 27.9 cm³/mol. The zero-order chi connectivity index (χ0) is 11.8. The topological polar surface area (TPSA) is 9.23 Å². The van der Waals surface area contributed by atoms with Crippen molar-refractivity contribution in [3.8, 4) is 0 Å². The summed E-state index contributed by atoms with van der Waals surface area (Å²) in [4.78, 5) is 0. The highest BCUT2D eigenvalue weighted by molar-refractivity contribution is 4.93. The van der Waals surface area contributed by atoms with E-state index in [-0.39, 0.29) is 7.11 Å². The van der Waals surface area contributed by atoms with E-state index in [0.717, 1.165) is 0 Å². The maximum absolute atomic E-state index is 12.1. The molecule has 0 aliphatic rings. The number of rotatable bonds is 3. The van der Waals surface area contributed by atoms with Crippen molar-refractivity contribution < 1.29 is 39.9 Å². The number of halogens is 8. The zero-order valence-corrected chi connectivity index (χ0v) is 6.51. The summed E-state index contributed by atoms with van der Waals surface area (Å²) in [6, 6.07) is 0. The molecule has 0 aromatic heterocycles. The number of methoxy groups -OCH3 is 1. The largest absolute Gasteiger partial charge is 0.460 e. The minimum atomic E-state index is -6.54. The first-order chi connectivity index (χ1) is 5.98. The molecule has 0 fully saturated rings. The van der Waals surface area contributed by atoms with Crippen LogP contribution in [0.25, 0.3) is 0 Å². The van der Waals surface area contributed by atoms with E-state index in [2.05, 4.69) is 4.74 Å². The maximum Gasteiger partial charge on any atom is 0.460 e. The smallest absolute Gasteiger partial charge is 0.347 e. The van der Waals surface area contributed by atoms with E-state index in [1.54, 1.807) is 0 Å². The molecular formula is C5H4F8O. The molecule has 0 aliphatic heterocycles. The van der Waals surface area contributed by atoms with Gasteiger partial charge in [-0.05, 0) is 0 Å². The van der Waals surface area contributed by atoms with Gasteiger partial charge in [0.05, 0.1) is 0 Å². The fourth-order valence-corrected chi connectivity index (χ4v) is 0.480. The lowest BCUT2D eigenvalue weighted by Gasteiger charge is -2.29. The summed E-state index contributed by atoms with van der Waals surface area (Å²) in [7, 11) is 0.241. The molecule has 14 heavy (non-hydrogen) atoms. The number of alkyl halides is 8. The van der Waals surface area contributed by atoms with Crippen molar-refractivity contribution >= 4 is 0 Å². The van der Waals surface area contributed by atoms with Crippen molar-refractivity contribution in [1.82, 2.24) is 0 Å². The van der Waals surface area contributed by atoms with Crippen LogP contribution in [0.3, 0.4) is 0 Å².